The zero-order chi connectivity index (χ0) is 8.98. The van der Waals surface area contributed by atoms with E-state index in [2.05, 4.69) is 24.8 Å². The molecule has 2 heteroatoms. The maximum Gasteiger partial charge on any atom is 0.122 e. The molecule has 1 saturated carbocycles. The van der Waals surface area contributed by atoms with Crippen molar-refractivity contribution in [3.8, 4) is 0 Å². The molecular weight excluding hydrogens is 152 g/mol. The van der Waals surface area contributed by atoms with Gasteiger partial charge in [0.2, 0.25) is 0 Å². The molecule has 68 valence electrons. The summed E-state index contributed by atoms with van der Waals surface area (Å²) in [4.78, 5) is 4.58. The molecule has 0 spiro atoms. The van der Waals surface area contributed by atoms with E-state index in [0.29, 0.717) is 17.3 Å². The van der Waals surface area contributed by atoms with Gasteiger partial charge < -0.3 is 0 Å². The van der Waals surface area contributed by atoms with E-state index >= 15 is 0 Å². The number of hydrogen-bond acceptors (Lipinski definition) is 2. The van der Waals surface area contributed by atoms with Crippen LogP contribution < -0.4 is 0 Å². The van der Waals surface area contributed by atoms with Crippen molar-refractivity contribution in [3.05, 3.63) is 12.2 Å². The van der Waals surface area contributed by atoms with Crippen LogP contribution in [0, 0.1) is 17.3 Å². The third-order valence-corrected chi connectivity index (χ3v) is 3.89. The molecule has 0 heterocycles. The van der Waals surface area contributed by atoms with E-state index in [0.717, 1.165) is 6.42 Å². The Bertz CT molecular complexity index is 232. The molecule has 1 fully saturated rings. The smallest absolute Gasteiger partial charge is 0.122 e. The second kappa shape index (κ2) is 2.12. The van der Waals surface area contributed by atoms with Gasteiger partial charge >= 0.3 is 0 Å². The first-order valence-electron chi connectivity index (χ1n) is 4.52. The van der Waals surface area contributed by atoms with Crippen LogP contribution in [0.4, 0.5) is 0 Å². The predicted octanol–water partition coefficient (Wildman–Crippen LogP) is 2.47. The maximum atomic E-state index is 8.83. The molecule has 0 radical (unpaired) electrons. The summed E-state index contributed by atoms with van der Waals surface area (Å²) in [6, 6.07) is 0. The Morgan fingerprint density at radius 1 is 1.42 bits per heavy atom. The Hall–Kier alpha value is -0.340. The number of fused-ring (bicyclic) bond motifs is 1. The van der Waals surface area contributed by atoms with E-state index in [1.807, 2.05) is 13.0 Å². The molecule has 0 unspecified atom stereocenters. The van der Waals surface area contributed by atoms with Gasteiger partial charge in [-0.2, -0.15) is 0 Å². The highest BCUT2D eigenvalue weighted by Crippen LogP contribution is 2.60. The van der Waals surface area contributed by atoms with Crippen LogP contribution in [-0.2, 0) is 4.89 Å². The van der Waals surface area contributed by atoms with Gasteiger partial charge in [0.25, 0.3) is 0 Å². The fraction of sp³-hybridized carbons (Fsp3) is 0.800. The van der Waals surface area contributed by atoms with Gasteiger partial charge in [-0.1, -0.05) is 26.0 Å². The highest BCUT2D eigenvalue weighted by molar-refractivity contribution is 5.23. The number of rotatable bonds is 1. The van der Waals surface area contributed by atoms with Gasteiger partial charge in [-0.15, -0.1) is 0 Å². The zero-order valence-electron chi connectivity index (χ0n) is 7.87. The monoisotopic (exact) mass is 168 g/mol. The lowest BCUT2D eigenvalue weighted by molar-refractivity contribution is -0.340. The fourth-order valence-electron chi connectivity index (χ4n) is 2.78. The molecular formula is C10H16O2. The van der Waals surface area contributed by atoms with Crippen molar-refractivity contribution in [2.75, 3.05) is 0 Å². The highest BCUT2D eigenvalue weighted by atomic mass is 17.1. The molecule has 12 heavy (non-hydrogen) atoms. The average molecular weight is 168 g/mol. The minimum absolute atomic E-state index is 0.298. The van der Waals surface area contributed by atoms with Crippen LogP contribution >= 0.6 is 0 Å². The van der Waals surface area contributed by atoms with E-state index in [1.165, 1.54) is 0 Å². The minimum atomic E-state index is -0.446. The maximum absolute atomic E-state index is 8.83. The van der Waals surface area contributed by atoms with Crippen molar-refractivity contribution < 1.29 is 10.1 Å². The summed E-state index contributed by atoms with van der Waals surface area (Å²) < 4.78 is 0. The van der Waals surface area contributed by atoms with Gasteiger partial charge in [0.15, 0.2) is 0 Å². The Kier molecular flexibility index (Phi) is 1.46. The van der Waals surface area contributed by atoms with Crippen LogP contribution in [-0.4, -0.2) is 10.9 Å². The number of hydrogen-bond donors (Lipinski definition) is 1. The summed E-state index contributed by atoms with van der Waals surface area (Å²) in [6.07, 6.45) is 5.33. The average Bonchev–Trinajstić information content (AvgIpc) is 2.04. The Labute approximate surface area is 73.2 Å². The van der Waals surface area contributed by atoms with E-state index in [4.69, 9.17) is 5.26 Å². The quantitative estimate of drug-likeness (QED) is 0.370. The summed E-state index contributed by atoms with van der Waals surface area (Å²) in [5.74, 6) is 1.15. The Morgan fingerprint density at radius 3 is 2.42 bits per heavy atom. The third-order valence-electron chi connectivity index (χ3n) is 3.89. The SMILES string of the molecule is CC1(C)[C@H]2C[C@@H]1C=C[C@@]2(C)OO. The fourth-order valence-corrected chi connectivity index (χ4v) is 2.78. The molecule has 2 bridgehead atoms. The standard InChI is InChI=1S/C10H16O2/c1-9(2)7-4-5-10(3,12-11)8(9)6-7/h4-5,7-8,11H,6H2,1-3H3/t7-,8+,10+/m0/s1. The van der Waals surface area contributed by atoms with Gasteiger partial charge in [0.05, 0.1) is 0 Å². The summed E-state index contributed by atoms with van der Waals surface area (Å²) in [6.45, 7) is 6.44. The van der Waals surface area contributed by atoms with Gasteiger partial charge in [0.1, 0.15) is 5.60 Å². The number of allylic oxidation sites excluding steroid dienone is 1. The zero-order valence-corrected chi connectivity index (χ0v) is 7.87. The topological polar surface area (TPSA) is 29.5 Å². The summed E-state index contributed by atoms with van der Waals surface area (Å²) in [7, 11) is 0. The molecule has 2 nitrogen and oxygen atoms in total. The minimum Gasteiger partial charge on any atom is -0.251 e. The molecule has 0 aromatic carbocycles. The summed E-state index contributed by atoms with van der Waals surface area (Å²) >= 11 is 0. The second-order valence-corrected chi connectivity index (χ2v) is 4.85. The molecule has 0 saturated heterocycles. The molecule has 3 rings (SSSR count). The van der Waals surface area contributed by atoms with Crippen molar-refractivity contribution in [2.45, 2.75) is 32.8 Å². The van der Waals surface area contributed by atoms with Crippen LogP contribution in [0.5, 0.6) is 0 Å². The molecule has 3 atom stereocenters. The van der Waals surface area contributed by atoms with E-state index in [-0.39, 0.29) is 0 Å². The van der Waals surface area contributed by atoms with Crippen LogP contribution in [0.25, 0.3) is 0 Å². The molecule has 3 aliphatic rings. The van der Waals surface area contributed by atoms with Crippen LogP contribution in [0.1, 0.15) is 27.2 Å². The summed E-state index contributed by atoms with van der Waals surface area (Å²) in [5, 5.41) is 8.83. The molecule has 0 aliphatic heterocycles. The molecule has 0 aromatic heterocycles. The van der Waals surface area contributed by atoms with E-state index < -0.39 is 5.60 Å². The van der Waals surface area contributed by atoms with Crippen LogP contribution in [0.15, 0.2) is 12.2 Å². The van der Waals surface area contributed by atoms with Crippen LogP contribution in [0.2, 0.25) is 0 Å². The van der Waals surface area contributed by atoms with E-state index in [9.17, 15) is 0 Å². The third kappa shape index (κ3) is 0.771. The van der Waals surface area contributed by atoms with Crippen molar-refractivity contribution in [1.29, 1.82) is 0 Å². The van der Waals surface area contributed by atoms with E-state index in [1.54, 1.807) is 0 Å². The Balaban J connectivity index is 2.33. The van der Waals surface area contributed by atoms with Crippen LogP contribution in [0.3, 0.4) is 0 Å². The first-order chi connectivity index (χ1) is 5.50. The second-order valence-electron chi connectivity index (χ2n) is 4.85. The normalized spacial score (nSPS) is 48.7. The largest absolute Gasteiger partial charge is 0.251 e. The van der Waals surface area contributed by atoms with Gasteiger partial charge in [0, 0.05) is 5.92 Å². The summed E-state index contributed by atoms with van der Waals surface area (Å²) in [5.41, 5.74) is -0.148. The first-order valence-corrected chi connectivity index (χ1v) is 4.52. The molecule has 0 amide bonds. The highest BCUT2D eigenvalue weighted by Gasteiger charge is 2.58. The molecule has 1 N–H and O–H groups in total. The lowest BCUT2D eigenvalue weighted by Gasteiger charge is -2.59. The Morgan fingerprint density at radius 2 is 2.08 bits per heavy atom. The van der Waals surface area contributed by atoms with Gasteiger partial charge in [-0.05, 0) is 24.7 Å². The molecule has 0 aromatic rings. The predicted molar refractivity (Wildman–Crippen MR) is 46.6 cm³/mol. The lowest BCUT2D eigenvalue weighted by atomic mass is 9.47. The van der Waals surface area contributed by atoms with Crippen molar-refractivity contribution >= 4 is 0 Å². The van der Waals surface area contributed by atoms with Gasteiger partial charge in [-0.25, -0.2) is 4.89 Å². The lowest BCUT2D eigenvalue weighted by Crippen LogP contribution is -2.58. The van der Waals surface area contributed by atoms with Crippen molar-refractivity contribution in [1.82, 2.24) is 0 Å². The first kappa shape index (κ1) is 8.27. The van der Waals surface area contributed by atoms with Gasteiger partial charge in [-0.3, -0.25) is 5.26 Å². The molecule has 3 aliphatic carbocycles. The van der Waals surface area contributed by atoms with Crippen molar-refractivity contribution in [3.63, 3.8) is 0 Å². The van der Waals surface area contributed by atoms with Crippen molar-refractivity contribution in [2.24, 2.45) is 17.3 Å².